The second kappa shape index (κ2) is 2.33. The van der Waals surface area contributed by atoms with Crippen molar-refractivity contribution in [2.24, 2.45) is 11.8 Å². The van der Waals surface area contributed by atoms with Crippen LogP contribution in [0.5, 0.6) is 0 Å². The van der Waals surface area contributed by atoms with Crippen molar-refractivity contribution in [2.75, 3.05) is 0 Å². The highest BCUT2D eigenvalue weighted by Gasteiger charge is 2.32. The highest BCUT2D eigenvalue weighted by Crippen LogP contribution is 2.29. The van der Waals surface area contributed by atoms with Crippen LogP contribution in [0.15, 0.2) is 0 Å². The molecule has 4 atom stereocenters. The smallest absolute Gasteiger partial charge is 0.109 e. The van der Waals surface area contributed by atoms with Crippen molar-refractivity contribution in [3.05, 3.63) is 0 Å². The molecule has 1 aliphatic heterocycles. The molecule has 1 saturated heterocycles. The van der Waals surface area contributed by atoms with Crippen LogP contribution in [0.3, 0.4) is 0 Å². The largest absolute Gasteiger partial charge is 0.384 e. The Balaban J connectivity index is 2.54. The first-order chi connectivity index (χ1) is 4.13. The van der Waals surface area contributed by atoms with E-state index in [1.54, 1.807) is 0 Å². The second-order valence-corrected chi connectivity index (χ2v) is 3.02. The van der Waals surface area contributed by atoms with Crippen LogP contribution in [-0.2, 0) is 4.74 Å². The highest BCUT2D eigenvalue weighted by atomic mass is 16.5. The first-order valence-electron chi connectivity index (χ1n) is 3.54. The molecule has 50 valence electrons. The molecule has 2 radical (unpaired) electrons. The van der Waals surface area contributed by atoms with E-state index in [0.29, 0.717) is 17.9 Å². The zero-order valence-electron chi connectivity index (χ0n) is 6.29. The standard InChI is InChI=1S/C7H13BO/c1-4-5(2)7(8)9-6(4)3/h4-7H,1-3H3/t4-,5?,6-,7-/m1/s1. The number of hydrogen-bond acceptors (Lipinski definition) is 1. The lowest BCUT2D eigenvalue weighted by atomic mass is 9.82. The maximum Gasteiger partial charge on any atom is 0.109 e. The van der Waals surface area contributed by atoms with Crippen molar-refractivity contribution in [1.29, 1.82) is 0 Å². The quantitative estimate of drug-likeness (QED) is 0.440. The lowest BCUT2D eigenvalue weighted by Gasteiger charge is -2.10. The summed E-state index contributed by atoms with van der Waals surface area (Å²) in [4.78, 5) is 0. The molecule has 2 heteroatoms. The van der Waals surface area contributed by atoms with Gasteiger partial charge in [-0.25, -0.2) is 0 Å². The highest BCUT2D eigenvalue weighted by molar-refractivity contribution is 6.11. The van der Waals surface area contributed by atoms with E-state index in [1.807, 2.05) is 0 Å². The van der Waals surface area contributed by atoms with Crippen molar-refractivity contribution < 1.29 is 4.74 Å². The van der Waals surface area contributed by atoms with E-state index in [2.05, 4.69) is 20.8 Å². The molecule has 0 bridgehead atoms. The monoisotopic (exact) mass is 124 g/mol. The van der Waals surface area contributed by atoms with E-state index in [0.717, 1.165) is 0 Å². The summed E-state index contributed by atoms with van der Waals surface area (Å²) in [6.45, 7) is 6.40. The Morgan fingerprint density at radius 3 is 1.78 bits per heavy atom. The van der Waals surface area contributed by atoms with Crippen LogP contribution >= 0.6 is 0 Å². The Morgan fingerprint density at radius 1 is 1.11 bits per heavy atom. The van der Waals surface area contributed by atoms with Gasteiger partial charge in [0.1, 0.15) is 7.85 Å². The Labute approximate surface area is 58.2 Å². The fraction of sp³-hybridized carbons (Fsp3) is 1.00. The van der Waals surface area contributed by atoms with Gasteiger partial charge in [0.05, 0.1) is 6.10 Å². The molecule has 1 rings (SSSR count). The number of ether oxygens (including phenoxy) is 1. The Morgan fingerprint density at radius 2 is 1.67 bits per heavy atom. The molecule has 1 aliphatic rings. The first-order valence-corrected chi connectivity index (χ1v) is 3.54. The zero-order valence-corrected chi connectivity index (χ0v) is 6.29. The fourth-order valence-electron chi connectivity index (χ4n) is 1.22. The molecule has 1 unspecified atom stereocenters. The van der Waals surface area contributed by atoms with Gasteiger partial charge in [0, 0.05) is 6.00 Å². The van der Waals surface area contributed by atoms with E-state index in [4.69, 9.17) is 12.6 Å². The summed E-state index contributed by atoms with van der Waals surface area (Å²) in [7, 11) is 5.64. The van der Waals surface area contributed by atoms with Gasteiger partial charge in [-0.2, -0.15) is 0 Å². The molecule has 1 fully saturated rings. The molecule has 0 spiro atoms. The molecule has 1 heterocycles. The van der Waals surface area contributed by atoms with Crippen molar-refractivity contribution in [2.45, 2.75) is 32.9 Å². The average Bonchev–Trinajstić information content (AvgIpc) is 1.98. The van der Waals surface area contributed by atoms with E-state index in [-0.39, 0.29) is 6.00 Å². The summed E-state index contributed by atoms with van der Waals surface area (Å²) in [5.74, 6) is 1.12. The van der Waals surface area contributed by atoms with Gasteiger partial charge in [0.25, 0.3) is 0 Å². The first kappa shape index (κ1) is 7.14. The van der Waals surface area contributed by atoms with Gasteiger partial charge in [-0.15, -0.1) is 0 Å². The maximum atomic E-state index is 5.64. The van der Waals surface area contributed by atoms with Gasteiger partial charge >= 0.3 is 0 Å². The van der Waals surface area contributed by atoms with Gasteiger partial charge in [-0.05, 0) is 18.8 Å². The molecule has 0 aromatic carbocycles. The van der Waals surface area contributed by atoms with E-state index in [1.165, 1.54) is 0 Å². The van der Waals surface area contributed by atoms with Crippen LogP contribution in [0.2, 0.25) is 0 Å². The van der Waals surface area contributed by atoms with Crippen molar-refractivity contribution in [3.8, 4) is 0 Å². The zero-order chi connectivity index (χ0) is 7.02. The number of hydrogen-bond donors (Lipinski definition) is 0. The van der Waals surface area contributed by atoms with Crippen molar-refractivity contribution in [1.82, 2.24) is 0 Å². The lowest BCUT2D eigenvalue weighted by molar-refractivity contribution is 0.0856. The van der Waals surface area contributed by atoms with Crippen LogP contribution in [0, 0.1) is 11.8 Å². The van der Waals surface area contributed by atoms with Crippen LogP contribution in [0.25, 0.3) is 0 Å². The maximum absolute atomic E-state index is 5.64. The second-order valence-electron chi connectivity index (χ2n) is 3.02. The van der Waals surface area contributed by atoms with Gasteiger partial charge in [-0.3, -0.25) is 0 Å². The molecular formula is C7H13BO. The Kier molecular flexibility index (Phi) is 1.85. The van der Waals surface area contributed by atoms with Gasteiger partial charge in [0.2, 0.25) is 0 Å². The molecule has 0 amide bonds. The van der Waals surface area contributed by atoms with Crippen molar-refractivity contribution >= 4 is 7.85 Å². The average molecular weight is 124 g/mol. The minimum absolute atomic E-state index is 0.0324. The fourth-order valence-corrected chi connectivity index (χ4v) is 1.22. The van der Waals surface area contributed by atoms with Crippen molar-refractivity contribution in [3.63, 3.8) is 0 Å². The molecule has 0 aliphatic carbocycles. The summed E-state index contributed by atoms with van der Waals surface area (Å²) < 4.78 is 5.36. The van der Waals surface area contributed by atoms with E-state index in [9.17, 15) is 0 Å². The van der Waals surface area contributed by atoms with Gasteiger partial charge in [0.15, 0.2) is 0 Å². The summed E-state index contributed by atoms with van der Waals surface area (Å²) in [6, 6.07) is -0.0324. The minimum Gasteiger partial charge on any atom is -0.384 e. The predicted octanol–water partition coefficient (Wildman–Crippen LogP) is 1.17. The van der Waals surface area contributed by atoms with Crippen LogP contribution in [0.4, 0.5) is 0 Å². The minimum atomic E-state index is -0.0324. The normalized spacial score (nSPS) is 51.9. The molecule has 9 heavy (non-hydrogen) atoms. The molecule has 0 aromatic rings. The van der Waals surface area contributed by atoms with Crippen LogP contribution in [0.1, 0.15) is 20.8 Å². The Hall–Kier alpha value is 0.0249. The third-order valence-corrected chi connectivity index (χ3v) is 2.46. The summed E-state index contributed by atoms with van der Waals surface area (Å²) in [5.41, 5.74) is 0. The molecule has 0 N–H and O–H groups in total. The third kappa shape index (κ3) is 1.13. The van der Waals surface area contributed by atoms with E-state index >= 15 is 0 Å². The van der Waals surface area contributed by atoms with Crippen LogP contribution < -0.4 is 0 Å². The summed E-state index contributed by atoms with van der Waals surface area (Å²) >= 11 is 0. The van der Waals surface area contributed by atoms with Gasteiger partial charge in [-0.1, -0.05) is 13.8 Å². The summed E-state index contributed by atoms with van der Waals surface area (Å²) in [6.07, 6.45) is 0.343. The SMILES string of the molecule is [B][C@@H]1O[C@H](C)[C@H](C)C1C. The third-order valence-electron chi connectivity index (χ3n) is 2.46. The topological polar surface area (TPSA) is 9.23 Å². The molecule has 1 nitrogen and oxygen atoms in total. The summed E-state index contributed by atoms with van der Waals surface area (Å²) in [5, 5.41) is 0. The molecule has 0 aromatic heterocycles. The molecule has 0 saturated carbocycles. The van der Waals surface area contributed by atoms with Crippen LogP contribution in [-0.4, -0.2) is 20.0 Å². The van der Waals surface area contributed by atoms with E-state index < -0.39 is 0 Å². The Bertz CT molecular complexity index is 93.1. The number of rotatable bonds is 0. The van der Waals surface area contributed by atoms with Gasteiger partial charge < -0.3 is 4.74 Å². The lowest BCUT2D eigenvalue weighted by Crippen LogP contribution is -2.15. The predicted molar refractivity (Wildman–Crippen MR) is 38.4 cm³/mol. The molecular weight excluding hydrogens is 111 g/mol.